The van der Waals surface area contributed by atoms with Gasteiger partial charge in [-0.2, -0.15) is 0 Å². The Morgan fingerprint density at radius 1 is 0.385 bits per heavy atom. The van der Waals surface area contributed by atoms with E-state index in [0.717, 1.165) is 82.8 Å². The number of hydrogen-bond donors (Lipinski definition) is 0. The molecule has 0 unspecified atom stereocenters. The molecule has 0 radical (unpaired) electrons. The van der Waals surface area contributed by atoms with Gasteiger partial charge in [0.2, 0.25) is 0 Å². The van der Waals surface area contributed by atoms with Gasteiger partial charge in [0.1, 0.15) is 22.3 Å². The van der Waals surface area contributed by atoms with Crippen LogP contribution < -0.4 is 0 Å². The van der Waals surface area contributed by atoms with E-state index in [0.29, 0.717) is 23.2 Å². The lowest BCUT2D eigenvalue weighted by Crippen LogP contribution is -2.00. The summed E-state index contributed by atoms with van der Waals surface area (Å²) in [6, 6.07) is 52.6. The van der Waals surface area contributed by atoms with Crippen LogP contribution in [0.1, 0.15) is 0 Å². The third-order valence-corrected chi connectivity index (χ3v) is 9.57. The molecule has 0 fully saturated rings. The Morgan fingerprint density at radius 3 is 1.60 bits per heavy atom. The lowest BCUT2D eigenvalue weighted by atomic mass is 9.99. The first-order chi connectivity index (χ1) is 25.7. The first-order valence-electron chi connectivity index (χ1n) is 17.0. The van der Waals surface area contributed by atoms with E-state index in [1.807, 2.05) is 72.8 Å². The smallest absolute Gasteiger partial charge is 0.187 e. The van der Waals surface area contributed by atoms with Gasteiger partial charge in [-0.1, -0.05) is 133 Å². The number of nitrogens with zero attached hydrogens (tertiary/aromatic N) is 4. The maximum Gasteiger partial charge on any atom is 0.187 e. The van der Waals surface area contributed by atoms with Crippen LogP contribution in [0.25, 0.3) is 105 Å². The fraction of sp³-hybridized carbons (Fsp3) is 0. The predicted molar refractivity (Wildman–Crippen MR) is 208 cm³/mol. The molecule has 0 amide bonds. The van der Waals surface area contributed by atoms with Gasteiger partial charge >= 0.3 is 0 Å². The van der Waals surface area contributed by atoms with Crippen LogP contribution in [0.4, 0.5) is 5.69 Å². The molecule has 10 rings (SSSR count). The molecule has 10 aromatic rings. The Kier molecular flexibility index (Phi) is 6.76. The van der Waals surface area contributed by atoms with Gasteiger partial charge in [-0.3, -0.25) is 0 Å². The van der Waals surface area contributed by atoms with E-state index in [9.17, 15) is 0 Å². The highest BCUT2D eigenvalue weighted by molar-refractivity contribution is 6.15. The van der Waals surface area contributed by atoms with Crippen LogP contribution in [0.3, 0.4) is 0 Å². The van der Waals surface area contributed by atoms with Crippen molar-refractivity contribution in [1.29, 1.82) is 0 Å². The van der Waals surface area contributed by atoms with Gasteiger partial charge in [-0.15, -0.1) is 0 Å². The highest BCUT2D eigenvalue weighted by Crippen LogP contribution is 2.42. The molecule has 0 aliphatic rings. The van der Waals surface area contributed by atoms with E-state index in [2.05, 4.69) is 77.6 Å². The lowest BCUT2D eigenvalue weighted by Gasteiger charge is -2.10. The molecule has 6 heteroatoms. The Morgan fingerprint density at radius 2 is 0.885 bits per heavy atom. The van der Waals surface area contributed by atoms with Crippen molar-refractivity contribution in [2.24, 2.45) is 0 Å². The van der Waals surface area contributed by atoms with Crippen molar-refractivity contribution >= 4 is 49.6 Å². The summed E-state index contributed by atoms with van der Waals surface area (Å²) in [5, 5.41) is 4.29. The van der Waals surface area contributed by atoms with Crippen LogP contribution in [0.15, 0.2) is 167 Å². The van der Waals surface area contributed by atoms with Crippen molar-refractivity contribution in [1.82, 2.24) is 15.0 Å². The van der Waals surface area contributed by atoms with Crippen molar-refractivity contribution in [2.75, 3.05) is 0 Å². The maximum absolute atomic E-state index is 7.34. The second-order valence-electron chi connectivity index (χ2n) is 12.7. The summed E-state index contributed by atoms with van der Waals surface area (Å²) >= 11 is 0. The molecule has 0 bridgehead atoms. The molecular formula is C46H26N4O2. The second kappa shape index (κ2) is 11.9. The van der Waals surface area contributed by atoms with Gasteiger partial charge in [0.05, 0.1) is 6.57 Å². The van der Waals surface area contributed by atoms with Gasteiger partial charge in [-0.05, 0) is 35.4 Å². The van der Waals surface area contributed by atoms with Gasteiger partial charge in [0.25, 0.3) is 0 Å². The third kappa shape index (κ3) is 4.92. The Bertz CT molecular complexity index is 3030. The summed E-state index contributed by atoms with van der Waals surface area (Å²) in [5.74, 6) is 1.69. The number of benzene rings is 7. The van der Waals surface area contributed by atoms with Crippen LogP contribution in [0.2, 0.25) is 0 Å². The molecule has 7 aromatic carbocycles. The van der Waals surface area contributed by atoms with Crippen molar-refractivity contribution in [3.63, 3.8) is 0 Å². The first kappa shape index (κ1) is 29.5. The molecule has 0 aliphatic heterocycles. The summed E-state index contributed by atoms with van der Waals surface area (Å²) < 4.78 is 13.1. The lowest BCUT2D eigenvalue weighted by molar-refractivity contribution is 0.665. The van der Waals surface area contributed by atoms with Crippen LogP contribution in [-0.4, -0.2) is 15.0 Å². The zero-order valence-electron chi connectivity index (χ0n) is 27.6. The summed E-state index contributed by atoms with van der Waals surface area (Å²) in [4.78, 5) is 18.2. The van der Waals surface area contributed by atoms with Gasteiger partial charge in [0.15, 0.2) is 23.2 Å². The zero-order chi connectivity index (χ0) is 34.6. The molecule has 52 heavy (non-hydrogen) atoms. The molecule has 0 N–H and O–H groups in total. The van der Waals surface area contributed by atoms with Crippen LogP contribution in [-0.2, 0) is 0 Å². The normalized spacial score (nSPS) is 11.4. The molecule has 242 valence electrons. The highest BCUT2D eigenvalue weighted by Gasteiger charge is 2.18. The van der Waals surface area contributed by atoms with Crippen molar-refractivity contribution < 1.29 is 8.83 Å². The number of aromatic nitrogens is 3. The molecule has 0 saturated carbocycles. The summed E-state index contributed by atoms with van der Waals surface area (Å²) in [7, 11) is 0. The maximum atomic E-state index is 7.34. The molecular weight excluding hydrogens is 641 g/mol. The minimum Gasteiger partial charge on any atom is -0.455 e. The van der Waals surface area contributed by atoms with Crippen LogP contribution in [0.5, 0.6) is 0 Å². The van der Waals surface area contributed by atoms with E-state index in [4.69, 9.17) is 30.4 Å². The monoisotopic (exact) mass is 666 g/mol. The molecule has 3 aromatic heterocycles. The summed E-state index contributed by atoms with van der Waals surface area (Å²) in [6.45, 7) is 7.34. The highest BCUT2D eigenvalue weighted by atomic mass is 16.3. The second-order valence-corrected chi connectivity index (χ2v) is 12.7. The summed E-state index contributed by atoms with van der Waals surface area (Å²) in [5.41, 5.74) is 10.5. The van der Waals surface area contributed by atoms with E-state index in [1.54, 1.807) is 12.1 Å². The number of furan rings is 2. The number of para-hydroxylation sites is 3. The quantitative estimate of drug-likeness (QED) is 0.171. The van der Waals surface area contributed by atoms with E-state index >= 15 is 0 Å². The molecule has 3 heterocycles. The van der Waals surface area contributed by atoms with Crippen molar-refractivity contribution in [3.8, 4) is 56.4 Å². The van der Waals surface area contributed by atoms with Gasteiger partial charge in [0, 0.05) is 49.4 Å². The van der Waals surface area contributed by atoms with E-state index in [1.165, 1.54) is 0 Å². The Hall–Kier alpha value is -7.36. The minimum absolute atomic E-state index is 0.545. The molecule has 0 atom stereocenters. The Labute approximate surface area is 298 Å². The molecule has 0 spiro atoms. The zero-order valence-corrected chi connectivity index (χ0v) is 27.6. The van der Waals surface area contributed by atoms with Gasteiger partial charge < -0.3 is 8.83 Å². The minimum atomic E-state index is 0.545. The fourth-order valence-electron chi connectivity index (χ4n) is 7.02. The molecule has 0 aliphatic carbocycles. The topological polar surface area (TPSA) is 69.3 Å². The summed E-state index contributed by atoms with van der Waals surface area (Å²) in [6.07, 6.45) is 0. The average molecular weight is 667 g/mol. The SMILES string of the molecule is [C-]#[N+]c1ccc(-c2nc(-c3ccccc3)nc(-c3cccc(-c4ccc5c(c4)oc4c(-c6cccc7c6oc6ccccc67)cccc45)c3)n2)cc1. The first-order valence-corrected chi connectivity index (χ1v) is 17.0. The molecule has 6 nitrogen and oxygen atoms in total. The Balaban J connectivity index is 1.07. The number of rotatable bonds is 5. The van der Waals surface area contributed by atoms with Crippen molar-refractivity contribution in [3.05, 3.63) is 169 Å². The van der Waals surface area contributed by atoms with Crippen LogP contribution in [0, 0.1) is 6.57 Å². The average Bonchev–Trinajstić information content (AvgIpc) is 3.79. The standard InChI is InChI=1S/C46H26N4O2/c1-47-33-23-20-29(21-24-33)45-48-44(28-10-3-2-4-11-28)49-46(50-45)32-13-7-12-30(26-32)31-22-25-35-37-16-9-18-39(43(37)52-41(35)27-31)38-17-8-15-36-34-14-5-6-19-40(34)51-42(36)38/h2-27H. The van der Waals surface area contributed by atoms with Gasteiger partial charge in [-0.25, -0.2) is 19.8 Å². The fourth-order valence-corrected chi connectivity index (χ4v) is 7.02. The predicted octanol–water partition coefficient (Wildman–Crippen LogP) is 12.6. The van der Waals surface area contributed by atoms with Crippen LogP contribution >= 0.6 is 0 Å². The molecule has 0 saturated heterocycles. The largest absolute Gasteiger partial charge is 0.455 e. The number of hydrogen-bond acceptors (Lipinski definition) is 5. The van der Waals surface area contributed by atoms with E-state index < -0.39 is 0 Å². The third-order valence-electron chi connectivity index (χ3n) is 9.57. The number of fused-ring (bicyclic) bond motifs is 6. The van der Waals surface area contributed by atoms with E-state index in [-0.39, 0.29) is 0 Å². The van der Waals surface area contributed by atoms with Crippen molar-refractivity contribution in [2.45, 2.75) is 0 Å².